The van der Waals surface area contributed by atoms with E-state index >= 15 is 0 Å². The quantitative estimate of drug-likeness (QED) is 0.111. The van der Waals surface area contributed by atoms with Gasteiger partial charge in [0.05, 0.1) is 22.3 Å². The summed E-state index contributed by atoms with van der Waals surface area (Å²) in [4.78, 5) is 17.7. The molecule has 0 aliphatic rings. The zero-order valence-corrected chi connectivity index (χ0v) is 71.2. The fraction of sp³-hybridized carbons (Fsp3) is 0.145. The molecule has 0 saturated heterocycles. The predicted octanol–water partition coefficient (Wildman–Crippen LogP) is 26.1. The van der Waals surface area contributed by atoms with E-state index in [2.05, 4.69) is 396 Å². The lowest BCUT2D eigenvalue weighted by Crippen LogP contribution is -2.30. The van der Waals surface area contributed by atoms with Gasteiger partial charge < -0.3 is 17.7 Å². The molecule has 12 aromatic heterocycles. The van der Waals surface area contributed by atoms with Crippen molar-refractivity contribution in [2.45, 2.75) is 74.7 Å². The minimum atomic E-state index is 0.533. The first-order valence-electron chi connectivity index (χ1n) is 41.8. The van der Waals surface area contributed by atoms with Gasteiger partial charge in [-0.2, -0.15) is 0 Å². The lowest BCUT2D eigenvalue weighted by molar-refractivity contribution is -0.660. The van der Waals surface area contributed by atoms with Gasteiger partial charge in [0, 0.05) is 116 Å². The lowest BCUT2D eigenvalue weighted by Gasteiger charge is -2.09. The summed E-state index contributed by atoms with van der Waals surface area (Å²) in [5.41, 5.74) is 36.1. The number of aryl methyl sites for hydroxylation is 9. The largest absolute Gasteiger partial charge is 0.437 e. The van der Waals surface area contributed by atoms with E-state index in [0.29, 0.717) is 34.7 Å². The number of hydrogen-bond donors (Lipinski definition) is 0. The molecule has 0 bridgehead atoms. The Morgan fingerprint density at radius 3 is 0.828 bits per heavy atom. The van der Waals surface area contributed by atoms with Gasteiger partial charge in [0.2, 0.25) is 45.6 Å². The molecule has 9 aromatic carbocycles. The number of aromatic nitrogens is 8. The van der Waals surface area contributed by atoms with Crippen LogP contribution in [0.2, 0.25) is 0 Å². The van der Waals surface area contributed by atoms with Crippen molar-refractivity contribution in [1.29, 1.82) is 0 Å². The lowest BCUT2D eigenvalue weighted by atomic mass is 9.96. The Balaban J connectivity index is 0.000000111. The topological polar surface area (TPSA) is 120 Å². The van der Waals surface area contributed by atoms with Crippen LogP contribution in [0.25, 0.3) is 189 Å². The number of furan rings is 4. The summed E-state index contributed by atoms with van der Waals surface area (Å²) in [7, 11) is 8.33. The maximum atomic E-state index is 6.26. The van der Waals surface area contributed by atoms with Crippen molar-refractivity contribution in [2.75, 3.05) is 0 Å². The van der Waals surface area contributed by atoms with Crippen LogP contribution < -0.4 is 18.3 Å². The van der Waals surface area contributed by atoms with Crippen molar-refractivity contribution in [2.24, 2.45) is 34.1 Å². The van der Waals surface area contributed by atoms with Crippen LogP contribution >= 0.6 is 0 Å². The average molecular weight is 1590 g/mol. The second kappa shape index (κ2) is 33.3. The molecule has 0 radical (unpaired) electrons. The molecule has 596 valence electrons. The zero-order valence-electron chi connectivity index (χ0n) is 71.2. The molecule has 0 amide bonds. The Hall–Kier alpha value is -14.6. The number of rotatable bonds is 12. The van der Waals surface area contributed by atoms with Crippen LogP contribution in [0.1, 0.15) is 72.6 Å². The first kappa shape index (κ1) is 78.5. The molecule has 21 rings (SSSR count). The fourth-order valence-electron chi connectivity index (χ4n) is 17.0. The van der Waals surface area contributed by atoms with Crippen LogP contribution in [0.15, 0.2) is 340 Å². The van der Waals surface area contributed by atoms with E-state index in [9.17, 15) is 0 Å². The predicted molar refractivity (Wildman–Crippen MR) is 496 cm³/mol. The molecule has 0 N–H and O–H groups in total. The van der Waals surface area contributed by atoms with E-state index in [1.165, 1.54) is 94.6 Å². The second-order valence-electron chi connectivity index (χ2n) is 32.9. The van der Waals surface area contributed by atoms with Crippen LogP contribution in [0, 0.1) is 40.5 Å². The van der Waals surface area contributed by atoms with Gasteiger partial charge in [-0.3, -0.25) is 0 Å². The number of pyridine rings is 8. The highest BCUT2D eigenvalue weighted by molar-refractivity contribution is 6.12. The molecule has 0 atom stereocenters. The van der Waals surface area contributed by atoms with E-state index in [1.54, 1.807) is 24.8 Å². The Labute approximate surface area is 710 Å². The second-order valence-corrected chi connectivity index (χ2v) is 32.9. The van der Waals surface area contributed by atoms with E-state index in [0.717, 1.165) is 117 Å². The van der Waals surface area contributed by atoms with Gasteiger partial charge in [-0.15, -0.1) is 0 Å². The summed E-state index contributed by atoms with van der Waals surface area (Å²) in [5.74, 6) is 1.19. The Morgan fingerprint density at radius 2 is 0.533 bits per heavy atom. The third-order valence-electron chi connectivity index (χ3n) is 23.7. The third-order valence-corrected chi connectivity index (χ3v) is 23.7. The van der Waals surface area contributed by atoms with Crippen molar-refractivity contribution in [3.05, 3.63) is 362 Å². The standard InChI is InChI=1S/C30H23N2O.C28H27N2O.C27H25N2O.C25H21N2O/c1-20-10-15-25-26-9-6-17-31-30(26)33-29(25)28(20)27-19-24(16-18-32(27)2)23-13-11-22(12-14-23)21-7-4-3-5-8-21;1-18(2)16-20-8-10-21(11-9-20)22-13-15-30(4)25(17-22)26-19(3)7-12-23-24-6-5-14-29-28(24)31-27(23)26;1-17(2)19-8-10-20(11-9-19)21-13-15-29(4)24(16-21)25-18(3)7-12-22-23-6-5-14-28-27(23)30-26(22)25;1-16-6-9-18(10-7-16)19-12-14-27(3)22(15-19)23-17(2)8-11-20-21-5-4-13-26-25(21)28-24(20)23/h3-19H,1-2H3;5-15,17-18H,16H2,1-4H3;5-17H,1-4H3;4-15H,1-3H3/q4*+1. The maximum absolute atomic E-state index is 6.26. The van der Waals surface area contributed by atoms with Gasteiger partial charge >= 0.3 is 0 Å². The van der Waals surface area contributed by atoms with Crippen LogP contribution in [-0.2, 0) is 34.6 Å². The van der Waals surface area contributed by atoms with Gasteiger partial charge in [-0.1, -0.05) is 209 Å². The highest BCUT2D eigenvalue weighted by atomic mass is 16.4. The van der Waals surface area contributed by atoms with Crippen LogP contribution in [0.5, 0.6) is 0 Å². The summed E-state index contributed by atoms with van der Waals surface area (Å²) in [6.07, 6.45) is 16.7. The number of hydrogen-bond acceptors (Lipinski definition) is 8. The smallest absolute Gasteiger partial charge is 0.227 e. The molecule has 0 aliphatic carbocycles. The van der Waals surface area contributed by atoms with Crippen molar-refractivity contribution < 1.29 is 35.9 Å². The molecule has 0 saturated carbocycles. The summed E-state index contributed by atoms with van der Waals surface area (Å²) < 4.78 is 33.6. The summed E-state index contributed by atoms with van der Waals surface area (Å²) in [6, 6.07) is 96.7. The van der Waals surface area contributed by atoms with Crippen LogP contribution in [0.4, 0.5) is 0 Å². The Kier molecular flexibility index (Phi) is 21.4. The van der Waals surface area contributed by atoms with Crippen molar-refractivity contribution >= 4 is 88.3 Å². The number of benzene rings is 9. The van der Waals surface area contributed by atoms with Crippen LogP contribution in [-0.4, -0.2) is 19.9 Å². The number of fused-ring (bicyclic) bond motifs is 12. The van der Waals surface area contributed by atoms with Gasteiger partial charge in [-0.25, -0.2) is 38.2 Å². The molecule has 0 fully saturated rings. The van der Waals surface area contributed by atoms with Crippen molar-refractivity contribution in [3.63, 3.8) is 0 Å². The SMILES string of the molecule is Cc1ccc(-c2cc[n+](C)c(-c3c(C)ccc4c3oc3ncccc34)c2)cc1.Cc1ccc2c(oc3ncccc32)c1-c1cc(-c2ccc(-c3ccccc3)cc2)cc[n+]1C.Cc1ccc2c(oc3ncccc32)c1-c1cc(-c2ccc(C(C)C)cc2)cc[n+]1C.Cc1ccc2c(oc3ncccc32)c1-c1cc(-c2ccc(CC(C)C)cc2)cc[n+]1C. The summed E-state index contributed by atoms with van der Waals surface area (Å²) >= 11 is 0. The first-order chi connectivity index (χ1) is 59.3. The maximum Gasteiger partial charge on any atom is 0.227 e. The fourth-order valence-corrected chi connectivity index (χ4v) is 17.0. The Morgan fingerprint density at radius 1 is 0.262 bits per heavy atom. The molecular weight excluding hydrogens is 1500 g/mol. The monoisotopic (exact) mass is 1590 g/mol. The molecular formula is C110H96N8O4+4. The minimum Gasteiger partial charge on any atom is -0.437 e. The van der Waals surface area contributed by atoms with Crippen molar-refractivity contribution in [3.8, 4) is 101 Å². The summed E-state index contributed by atoms with van der Waals surface area (Å²) in [6.45, 7) is 19.6. The average Bonchev–Trinajstić information content (AvgIpc) is 1.60. The zero-order chi connectivity index (χ0) is 84.0. The molecule has 12 nitrogen and oxygen atoms in total. The van der Waals surface area contributed by atoms with E-state index in [-0.39, 0.29) is 0 Å². The first-order valence-corrected chi connectivity index (χ1v) is 41.8. The van der Waals surface area contributed by atoms with Crippen molar-refractivity contribution in [1.82, 2.24) is 19.9 Å². The minimum absolute atomic E-state index is 0.533. The molecule has 0 aliphatic heterocycles. The summed E-state index contributed by atoms with van der Waals surface area (Å²) in [5, 5.41) is 8.61. The molecule has 122 heavy (non-hydrogen) atoms. The highest BCUT2D eigenvalue weighted by Gasteiger charge is 2.28. The normalized spacial score (nSPS) is 11.5. The van der Waals surface area contributed by atoms with Gasteiger partial charge in [0.15, 0.2) is 47.1 Å². The van der Waals surface area contributed by atoms with E-state index in [4.69, 9.17) is 17.7 Å². The van der Waals surface area contributed by atoms with E-state index in [1.807, 2.05) is 30.3 Å². The van der Waals surface area contributed by atoms with Gasteiger partial charge in [-0.05, 0) is 190 Å². The Bertz CT molecular complexity index is 7500. The van der Waals surface area contributed by atoms with Gasteiger partial charge in [0.1, 0.15) is 28.2 Å². The molecule has 12 heteroatoms. The third kappa shape index (κ3) is 15.4. The highest BCUT2D eigenvalue weighted by Crippen LogP contribution is 2.43. The number of nitrogens with zero attached hydrogens (tertiary/aromatic N) is 8. The molecule has 0 spiro atoms. The van der Waals surface area contributed by atoms with E-state index < -0.39 is 0 Å². The van der Waals surface area contributed by atoms with Gasteiger partial charge in [0.25, 0.3) is 0 Å². The van der Waals surface area contributed by atoms with Crippen LogP contribution in [0.3, 0.4) is 0 Å². The molecule has 0 unspecified atom stereocenters. The molecule has 12 heterocycles. The molecule has 21 aromatic rings.